The van der Waals surface area contributed by atoms with Gasteiger partial charge < -0.3 is 15.1 Å². The van der Waals surface area contributed by atoms with Crippen molar-refractivity contribution in [2.24, 2.45) is 4.99 Å². The summed E-state index contributed by atoms with van der Waals surface area (Å²) in [5.74, 6) is 0.950. The Bertz CT molecular complexity index is 510. The number of halogens is 2. The zero-order valence-corrected chi connectivity index (χ0v) is 19.0. The van der Waals surface area contributed by atoms with E-state index in [-0.39, 0.29) is 24.0 Å². The van der Waals surface area contributed by atoms with Crippen LogP contribution in [0.2, 0.25) is 0 Å². The molecule has 2 heterocycles. The molecule has 0 bridgehead atoms. The van der Waals surface area contributed by atoms with Crippen LogP contribution in [0.4, 0.5) is 0 Å². The number of hydrogen-bond donors (Lipinski definition) is 1. The lowest BCUT2D eigenvalue weighted by Gasteiger charge is -2.38. The third-order valence-electron chi connectivity index (χ3n) is 4.07. The summed E-state index contributed by atoms with van der Waals surface area (Å²) < 4.78 is 1.17. The van der Waals surface area contributed by atoms with Gasteiger partial charge in [-0.2, -0.15) is 0 Å². The molecule has 1 aromatic heterocycles. The third kappa shape index (κ3) is 6.49. The average Bonchev–Trinajstić information content (AvgIpc) is 2.88. The fraction of sp³-hybridized carbons (Fsp3) is 0.667. The molecule has 132 valence electrons. The minimum Gasteiger partial charge on any atom is -0.355 e. The van der Waals surface area contributed by atoms with E-state index < -0.39 is 0 Å². The molecule has 0 aliphatic carbocycles. The SMILES string of the molecule is CN=C(NCC1CN(C)CCN1C)N(C)Cc1ccc(Br)s1.I. The van der Waals surface area contributed by atoms with Gasteiger partial charge in [0.1, 0.15) is 0 Å². The second kappa shape index (κ2) is 10.2. The molecule has 23 heavy (non-hydrogen) atoms. The Hall–Kier alpha value is 0.1000. The van der Waals surface area contributed by atoms with Crippen molar-refractivity contribution >= 4 is 57.2 Å². The van der Waals surface area contributed by atoms with Gasteiger partial charge >= 0.3 is 0 Å². The van der Waals surface area contributed by atoms with E-state index in [0.717, 1.165) is 38.7 Å². The van der Waals surface area contributed by atoms with Crippen LogP contribution in [-0.4, -0.2) is 81.1 Å². The van der Waals surface area contributed by atoms with Crippen molar-refractivity contribution < 1.29 is 0 Å². The first-order valence-electron chi connectivity index (χ1n) is 7.54. The molecule has 2 rings (SSSR count). The number of rotatable bonds is 4. The lowest BCUT2D eigenvalue weighted by molar-refractivity contribution is 0.116. The van der Waals surface area contributed by atoms with Gasteiger partial charge in [0.15, 0.2) is 5.96 Å². The number of thiophene rings is 1. The fourth-order valence-electron chi connectivity index (χ4n) is 2.66. The van der Waals surface area contributed by atoms with E-state index in [0.29, 0.717) is 6.04 Å². The lowest BCUT2D eigenvalue weighted by Crippen LogP contribution is -2.55. The molecule has 0 spiro atoms. The minimum atomic E-state index is 0. The van der Waals surface area contributed by atoms with E-state index in [2.05, 4.69) is 74.2 Å². The van der Waals surface area contributed by atoms with Crippen molar-refractivity contribution in [2.45, 2.75) is 12.6 Å². The Labute approximate surface area is 169 Å². The third-order valence-corrected chi connectivity index (χ3v) is 5.68. The first kappa shape index (κ1) is 21.1. The summed E-state index contributed by atoms with van der Waals surface area (Å²) in [7, 11) is 8.32. The molecule has 1 aromatic rings. The zero-order chi connectivity index (χ0) is 16.1. The zero-order valence-electron chi connectivity index (χ0n) is 14.3. The molecule has 1 atom stereocenters. The van der Waals surface area contributed by atoms with Gasteiger partial charge in [-0.1, -0.05) is 0 Å². The summed E-state index contributed by atoms with van der Waals surface area (Å²) >= 11 is 5.28. The van der Waals surface area contributed by atoms with E-state index in [1.807, 2.05) is 7.05 Å². The number of guanidine groups is 1. The molecular formula is C15H27BrIN5S. The number of nitrogens with one attached hydrogen (secondary N) is 1. The molecule has 1 aliphatic rings. The van der Waals surface area contributed by atoms with Crippen LogP contribution in [0.25, 0.3) is 0 Å². The normalized spacial score (nSPS) is 20.2. The summed E-state index contributed by atoms with van der Waals surface area (Å²) in [6.45, 7) is 5.17. The van der Waals surface area contributed by atoms with Crippen molar-refractivity contribution in [1.29, 1.82) is 0 Å². The predicted octanol–water partition coefficient (Wildman–Crippen LogP) is 2.38. The van der Waals surface area contributed by atoms with Crippen molar-refractivity contribution in [3.05, 3.63) is 20.8 Å². The molecule has 5 nitrogen and oxygen atoms in total. The average molecular weight is 516 g/mol. The number of nitrogens with zero attached hydrogens (tertiary/aromatic N) is 4. The van der Waals surface area contributed by atoms with Crippen molar-refractivity contribution in [3.8, 4) is 0 Å². The Balaban J connectivity index is 0.00000264. The molecule has 1 fully saturated rings. The molecule has 1 aliphatic heterocycles. The smallest absolute Gasteiger partial charge is 0.193 e. The fourth-order valence-corrected chi connectivity index (χ4v) is 4.20. The van der Waals surface area contributed by atoms with Crippen LogP contribution in [-0.2, 0) is 6.54 Å². The maximum absolute atomic E-state index is 4.41. The monoisotopic (exact) mass is 515 g/mol. The second-order valence-electron chi connectivity index (χ2n) is 5.89. The van der Waals surface area contributed by atoms with Gasteiger partial charge in [-0.3, -0.25) is 9.89 Å². The molecule has 1 N–H and O–H groups in total. The summed E-state index contributed by atoms with van der Waals surface area (Å²) in [5, 5.41) is 3.52. The number of piperazine rings is 1. The van der Waals surface area contributed by atoms with Gasteiger partial charge in [-0.05, 0) is 42.2 Å². The van der Waals surface area contributed by atoms with Gasteiger partial charge in [0.05, 0.1) is 10.3 Å². The van der Waals surface area contributed by atoms with Crippen LogP contribution >= 0.6 is 51.2 Å². The number of likely N-dealkylation sites (N-methyl/N-ethyl adjacent to an activating group) is 2. The van der Waals surface area contributed by atoms with E-state index in [1.165, 1.54) is 8.66 Å². The van der Waals surface area contributed by atoms with Crippen molar-refractivity contribution in [3.63, 3.8) is 0 Å². The maximum Gasteiger partial charge on any atom is 0.193 e. The molecule has 0 radical (unpaired) electrons. The molecule has 1 saturated heterocycles. The van der Waals surface area contributed by atoms with Crippen LogP contribution in [0, 0.1) is 0 Å². The van der Waals surface area contributed by atoms with Crippen LogP contribution in [0.15, 0.2) is 20.9 Å². The van der Waals surface area contributed by atoms with Gasteiger partial charge in [-0.25, -0.2) is 0 Å². The summed E-state index contributed by atoms with van der Waals surface area (Å²) in [6, 6.07) is 4.78. The van der Waals surface area contributed by atoms with E-state index in [9.17, 15) is 0 Å². The van der Waals surface area contributed by atoms with Crippen molar-refractivity contribution in [2.75, 3.05) is 54.4 Å². The van der Waals surface area contributed by atoms with Crippen LogP contribution in [0.5, 0.6) is 0 Å². The Morgan fingerprint density at radius 2 is 2.17 bits per heavy atom. The Morgan fingerprint density at radius 3 is 2.78 bits per heavy atom. The van der Waals surface area contributed by atoms with Gasteiger partial charge in [-0.15, -0.1) is 35.3 Å². The van der Waals surface area contributed by atoms with E-state index in [4.69, 9.17) is 0 Å². The Morgan fingerprint density at radius 1 is 1.43 bits per heavy atom. The molecule has 1 unspecified atom stereocenters. The van der Waals surface area contributed by atoms with Crippen molar-refractivity contribution in [1.82, 2.24) is 20.0 Å². The number of hydrogen-bond acceptors (Lipinski definition) is 4. The van der Waals surface area contributed by atoms with Gasteiger partial charge in [0.2, 0.25) is 0 Å². The van der Waals surface area contributed by atoms with Crippen LogP contribution in [0.3, 0.4) is 0 Å². The molecule has 8 heteroatoms. The predicted molar refractivity (Wildman–Crippen MR) is 114 cm³/mol. The minimum absolute atomic E-state index is 0. The van der Waals surface area contributed by atoms with Gasteiger partial charge in [0, 0.05) is 51.2 Å². The van der Waals surface area contributed by atoms with Gasteiger partial charge in [0.25, 0.3) is 0 Å². The first-order chi connectivity index (χ1) is 10.5. The highest BCUT2D eigenvalue weighted by Crippen LogP contribution is 2.22. The summed E-state index contributed by atoms with van der Waals surface area (Å²) in [5.41, 5.74) is 0. The molecule has 0 saturated carbocycles. The second-order valence-corrected chi connectivity index (χ2v) is 8.43. The first-order valence-corrected chi connectivity index (χ1v) is 9.15. The topological polar surface area (TPSA) is 34.1 Å². The molecule has 0 amide bonds. The van der Waals surface area contributed by atoms with Crippen LogP contribution in [0.1, 0.15) is 4.88 Å². The van der Waals surface area contributed by atoms with E-state index in [1.54, 1.807) is 11.3 Å². The maximum atomic E-state index is 4.41. The summed E-state index contributed by atoms with van der Waals surface area (Å²) in [4.78, 5) is 12.7. The summed E-state index contributed by atoms with van der Waals surface area (Å²) in [6.07, 6.45) is 0. The molecular weight excluding hydrogens is 489 g/mol. The lowest BCUT2D eigenvalue weighted by atomic mass is 10.2. The standard InChI is InChI=1S/C15H26BrN5S.HI/c1-17-15(21(4)11-13-5-6-14(16)22-13)18-9-12-10-19(2)7-8-20(12)3;/h5-6,12H,7-11H2,1-4H3,(H,17,18);1H. The highest BCUT2D eigenvalue weighted by Gasteiger charge is 2.22. The Kier molecular flexibility index (Phi) is 9.35. The largest absolute Gasteiger partial charge is 0.355 e. The highest BCUT2D eigenvalue weighted by atomic mass is 127. The number of aliphatic imine (C=N–C) groups is 1. The van der Waals surface area contributed by atoms with Crippen LogP contribution < -0.4 is 5.32 Å². The quantitative estimate of drug-likeness (QED) is 0.379. The highest BCUT2D eigenvalue weighted by molar-refractivity contribution is 14.0. The molecule has 0 aromatic carbocycles. The van der Waals surface area contributed by atoms with E-state index >= 15 is 0 Å².